The zero-order valence-corrected chi connectivity index (χ0v) is 8.56. The number of nitrogens with two attached hydrogens (primary N) is 1. The van der Waals surface area contributed by atoms with Gasteiger partial charge in [0.1, 0.15) is 0 Å². The van der Waals surface area contributed by atoms with Crippen molar-refractivity contribution < 1.29 is 9.32 Å². The van der Waals surface area contributed by atoms with Gasteiger partial charge in [0.2, 0.25) is 5.89 Å². The zero-order valence-electron chi connectivity index (χ0n) is 8.56. The molecule has 1 amide bonds. The fraction of sp³-hybridized carbons (Fsp3) is 0.667. The number of rotatable bonds is 4. The second kappa shape index (κ2) is 3.98. The molecule has 6 nitrogen and oxygen atoms in total. The summed E-state index contributed by atoms with van der Waals surface area (Å²) in [7, 11) is 0. The average molecular weight is 210 g/mol. The molecule has 0 aromatic carbocycles. The molecule has 1 aliphatic carbocycles. The molecule has 3 N–H and O–H groups in total. The molecule has 1 heterocycles. The van der Waals surface area contributed by atoms with Crippen molar-refractivity contribution in [2.75, 3.05) is 6.54 Å². The van der Waals surface area contributed by atoms with Crippen molar-refractivity contribution in [2.24, 2.45) is 5.73 Å². The smallest absolute Gasteiger partial charge is 0.292 e. The second-order valence-electron chi connectivity index (χ2n) is 3.84. The van der Waals surface area contributed by atoms with E-state index in [4.69, 9.17) is 10.3 Å². The molecule has 1 aromatic rings. The summed E-state index contributed by atoms with van der Waals surface area (Å²) in [6.45, 7) is 2.29. The monoisotopic (exact) mass is 210 g/mol. The van der Waals surface area contributed by atoms with Crippen LogP contribution in [0.5, 0.6) is 0 Å². The van der Waals surface area contributed by atoms with E-state index in [9.17, 15) is 4.79 Å². The number of nitrogens with one attached hydrogen (secondary N) is 1. The van der Waals surface area contributed by atoms with E-state index in [1.165, 1.54) is 0 Å². The molecule has 15 heavy (non-hydrogen) atoms. The maximum Gasteiger partial charge on any atom is 0.292 e. The van der Waals surface area contributed by atoms with Gasteiger partial charge in [-0.1, -0.05) is 12.1 Å². The van der Waals surface area contributed by atoms with Crippen LogP contribution < -0.4 is 11.1 Å². The largest absolute Gasteiger partial charge is 0.346 e. The molecular formula is C9H14N4O2. The van der Waals surface area contributed by atoms with Gasteiger partial charge in [0.25, 0.3) is 11.7 Å². The van der Waals surface area contributed by atoms with Gasteiger partial charge < -0.3 is 15.6 Å². The van der Waals surface area contributed by atoms with Gasteiger partial charge in [0, 0.05) is 18.5 Å². The van der Waals surface area contributed by atoms with E-state index in [2.05, 4.69) is 15.5 Å². The van der Waals surface area contributed by atoms with Gasteiger partial charge in [-0.15, -0.1) is 0 Å². The molecule has 0 aliphatic heterocycles. The van der Waals surface area contributed by atoms with Crippen LogP contribution in [0.3, 0.4) is 0 Å². The maximum atomic E-state index is 11.5. The van der Waals surface area contributed by atoms with E-state index in [1.807, 2.05) is 6.92 Å². The lowest BCUT2D eigenvalue weighted by atomic mass is 10.2. The Morgan fingerprint density at radius 1 is 1.73 bits per heavy atom. The third kappa shape index (κ3) is 2.33. The van der Waals surface area contributed by atoms with Gasteiger partial charge in [0.15, 0.2) is 0 Å². The van der Waals surface area contributed by atoms with E-state index in [0.717, 1.165) is 12.8 Å². The average Bonchev–Trinajstić information content (AvgIpc) is 2.91. The number of hydrogen-bond donors (Lipinski definition) is 2. The molecule has 2 rings (SSSR count). The second-order valence-corrected chi connectivity index (χ2v) is 3.84. The van der Waals surface area contributed by atoms with Gasteiger partial charge in [-0.3, -0.25) is 4.79 Å². The van der Waals surface area contributed by atoms with E-state index >= 15 is 0 Å². The Hall–Kier alpha value is -1.43. The van der Waals surface area contributed by atoms with Crippen LogP contribution in [0.1, 0.15) is 42.2 Å². The molecule has 6 heteroatoms. The summed E-state index contributed by atoms with van der Waals surface area (Å²) < 4.78 is 4.94. The van der Waals surface area contributed by atoms with Crippen LogP contribution in [-0.4, -0.2) is 28.6 Å². The predicted molar refractivity (Wildman–Crippen MR) is 52.3 cm³/mol. The molecule has 1 unspecified atom stereocenters. The van der Waals surface area contributed by atoms with E-state index < -0.39 is 0 Å². The minimum absolute atomic E-state index is 0.0139. The van der Waals surface area contributed by atoms with Gasteiger partial charge >= 0.3 is 0 Å². The number of carbonyl (C=O) groups excluding carboxylic acids is 1. The van der Waals surface area contributed by atoms with Gasteiger partial charge in [-0.25, -0.2) is 0 Å². The highest BCUT2D eigenvalue weighted by atomic mass is 16.5. The summed E-state index contributed by atoms with van der Waals surface area (Å²) in [6.07, 6.45) is 2.07. The van der Waals surface area contributed by atoms with Crippen molar-refractivity contribution >= 4 is 5.91 Å². The fourth-order valence-electron chi connectivity index (χ4n) is 1.11. The van der Waals surface area contributed by atoms with Crippen LogP contribution in [0, 0.1) is 0 Å². The Kier molecular flexibility index (Phi) is 2.68. The van der Waals surface area contributed by atoms with Gasteiger partial charge in [-0.2, -0.15) is 4.98 Å². The molecular weight excluding hydrogens is 196 g/mol. The molecule has 1 aromatic heterocycles. The standard InChI is InChI=1S/C9H14N4O2/c1-5(4-10)9-12-7(13-15-9)8(14)11-6-2-3-6/h5-6H,2-4,10H2,1H3,(H,11,14). The molecule has 1 aliphatic rings. The summed E-state index contributed by atoms with van der Waals surface area (Å²) in [4.78, 5) is 15.5. The number of carbonyl (C=O) groups is 1. The summed E-state index contributed by atoms with van der Waals surface area (Å²) in [6, 6.07) is 0.298. The summed E-state index contributed by atoms with van der Waals surface area (Å²) in [5, 5.41) is 6.40. The maximum absolute atomic E-state index is 11.5. The lowest BCUT2D eigenvalue weighted by Crippen LogP contribution is -2.26. The number of nitrogens with zero attached hydrogens (tertiary/aromatic N) is 2. The van der Waals surface area contributed by atoms with Crippen LogP contribution in [-0.2, 0) is 0 Å². The van der Waals surface area contributed by atoms with Crippen LogP contribution in [0.25, 0.3) is 0 Å². The summed E-state index contributed by atoms with van der Waals surface area (Å²) in [5.74, 6) is 0.229. The highest BCUT2D eigenvalue weighted by Gasteiger charge is 2.26. The molecule has 0 spiro atoms. The predicted octanol–water partition coefficient (Wildman–Crippen LogP) is 0.0240. The molecule has 0 bridgehead atoms. The molecule has 1 fully saturated rings. The minimum Gasteiger partial charge on any atom is -0.346 e. The van der Waals surface area contributed by atoms with Crippen molar-refractivity contribution in [3.05, 3.63) is 11.7 Å². The zero-order chi connectivity index (χ0) is 10.8. The van der Waals surface area contributed by atoms with Crippen LogP contribution in [0.15, 0.2) is 4.52 Å². The molecule has 0 saturated heterocycles. The van der Waals surface area contributed by atoms with Crippen molar-refractivity contribution in [1.29, 1.82) is 0 Å². The first-order valence-electron chi connectivity index (χ1n) is 5.05. The summed E-state index contributed by atoms with van der Waals surface area (Å²) in [5.41, 5.74) is 5.45. The minimum atomic E-state index is -0.267. The van der Waals surface area contributed by atoms with Crippen LogP contribution in [0.2, 0.25) is 0 Å². The lowest BCUT2D eigenvalue weighted by Gasteiger charge is -1.99. The van der Waals surface area contributed by atoms with Crippen molar-refractivity contribution in [2.45, 2.75) is 31.7 Å². The topological polar surface area (TPSA) is 94.0 Å². The van der Waals surface area contributed by atoms with E-state index in [-0.39, 0.29) is 17.6 Å². The lowest BCUT2D eigenvalue weighted by molar-refractivity contribution is 0.0937. The van der Waals surface area contributed by atoms with Gasteiger partial charge in [0.05, 0.1) is 0 Å². The van der Waals surface area contributed by atoms with E-state index in [0.29, 0.717) is 18.5 Å². The Morgan fingerprint density at radius 2 is 2.47 bits per heavy atom. The Bertz CT molecular complexity index is 359. The highest BCUT2D eigenvalue weighted by molar-refractivity contribution is 5.90. The fourth-order valence-corrected chi connectivity index (χ4v) is 1.11. The van der Waals surface area contributed by atoms with Crippen LogP contribution in [0.4, 0.5) is 0 Å². The molecule has 82 valence electrons. The third-order valence-electron chi connectivity index (χ3n) is 2.33. The number of amides is 1. The van der Waals surface area contributed by atoms with E-state index in [1.54, 1.807) is 0 Å². The first-order chi connectivity index (χ1) is 7.20. The molecule has 0 radical (unpaired) electrons. The molecule has 1 atom stereocenters. The number of hydrogen-bond acceptors (Lipinski definition) is 5. The van der Waals surface area contributed by atoms with Gasteiger partial charge in [-0.05, 0) is 12.8 Å². The Morgan fingerprint density at radius 3 is 3.07 bits per heavy atom. The Labute approximate surface area is 87.2 Å². The SMILES string of the molecule is CC(CN)c1nc(C(=O)NC2CC2)no1. The van der Waals surface area contributed by atoms with Crippen molar-refractivity contribution in [1.82, 2.24) is 15.5 Å². The quantitative estimate of drug-likeness (QED) is 0.730. The normalized spacial score (nSPS) is 17.5. The first kappa shape index (κ1) is 10.1. The van der Waals surface area contributed by atoms with Crippen molar-refractivity contribution in [3.63, 3.8) is 0 Å². The third-order valence-corrected chi connectivity index (χ3v) is 2.33. The number of aromatic nitrogens is 2. The first-order valence-corrected chi connectivity index (χ1v) is 5.05. The van der Waals surface area contributed by atoms with Crippen LogP contribution >= 0.6 is 0 Å². The van der Waals surface area contributed by atoms with Crippen molar-refractivity contribution in [3.8, 4) is 0 Å². The highest BCUT2D eigenvalue weighted by Crippen LogP contribution is 2.19. The summed E-state index contributed by atoms with van der Waals surface area (Å²) >= 11 is 0. The Balaban J connectivity index is 2.01. The molecule has 1 saturated carbocycles.